The molecule has 1 N–H and O–H groups in total. The van der Waals surface area contributed by atoms with E-state index in [1.54, 1.807) is 30.3 Å². The molecule has 2 aromatic rings. The van der Waals surface area contributed by atoms with E-state index >= 15 is 0 Å². The van der Waals surface area contributed by atoms with Gasteiger partial charge in [0.25, 0.3) is 0 Å². The molecule has 2 aromatic carbocycles. The van der Waals surface area contributed by atoms with Crippen molar-refractivity contribution in [2.45, 2.75) is 12.5 Å². The van der Waals surface area contributed by atoms with Crippen LogP contribution in [0.1, 0.15) is 17.2 Å². The number of aliphatic hydroxyl groups is 1. The van der Waals surface area contributed by atoms with E-state index in [9.17, 15) is 9.50 Å². The fraction of sp³-hybridized carbons (Fsp3) is 0.200. The van der Waals surface area contributed by atoms with Gasteiger partial charge in [0.2, 0.25) is 0 Å². The number of aliphatic hydroxyl groups excluding tert-OH is 1. The largest absolute Gasteiger partial charge is 0.496 e. The Bertz CT molecular complexity index is 617. The zero-order valence-electron chi connectivity index (χ0n) is 10.7. The van der Waals surface area contributed by atoms with Crippen LogP contribution in [0, 0.1) is 5.82 Å². The highest BCUT2D eigenvalue weighted by Crippen LogP contribution is 2.31. The van der Waals surface area contributed by atoms with Gasteiger partial charge in [0.05, 0.1) is 13.2 Å². The van der Waals surface area contributed by atoms with Crippen LogP contribution in [0.15, 0.2) is 36.4 Å². The number of benzene rings is 2. The molecule has 0 spiro atoms. The van der Waals surface area contributed by atoms with Gasteiger partial charge < -0.3 is 9.84 Å². The van der Waals surface area contributed by atoms with Gasteiger partial charge in [-0.05, 0) is 35.9 Å². The van der Waals surface area contributed by atoms with E-state index in [2.05, 4.69) is 0 Å². The van der Waals surface area contributed by atoms with Crippen LogP contribution in [0.25, 0.3) is 0 Å². The van der Waals surface area contributed by atoms with E-state index in [-0.39, 0.29) is 6.42 Å². The summed E-state index contributed by atoms with van der Waals surface area (Å²) in [7, 11) is 1.50. The number of hydrogen-bond donors (Lipinski definition) is 1. The van der Waals surface area contributed by atoms with E-state index < -0.39 is 11.9 Å². The van der Waals surface area contributed by atoms with E-state index in [1.165, 1.54) is 13.2 Å². The second kappa shape index (κ2) is 6.44. The standard InChI is InChI=1S/C15H13Cl2FO2/c1-20-15-5-4-10(16)7-12(15)14(19)6-9-2-3-11(17)8-13(9)18/h2-5,7-8,14,19H,6H2,1H3. The van der Waals surface area contributed by atoms with Crippen molar-refractivity contribution in [3.8, 4) is 5.75 Å². The lowest BCUT2D eigenvalue weighted by atomic mass is 10.0. The normalized spacial score (nSPS) is 12.2. The Balaban J connectivity index is 2.27. The number of ether oxygens (including phenoxy) is 1. The van der Waals surface area contributed by atoms with Gasteiger partial charge in [0.15, 0.2) is 0 Å². The first-order valence-electron chi connectivity index (χ1n) is 5.96. The molecular formula is C15H13Cl2FO2. The molecule has 0 aliphatic heterocycles. The molecule has 0 radical (unpaired) electrons. The molecule has 1 atom stereocenters. The summed E-state index contributed by atoms with van der Waals surface area (Å²) in [6.45, 7) is 0. The Morgan fingerprint density at radius 1 is 1.15 bits per heavy atom. The first kappa shape index (κ1) is 15.1. The van der Waals surface area contributed by atoms with Crippen molar-refractivity contribution >= 4 is 23.2 Å². The quantitative estimate of drug-likeness (QED) is 0.905. The SMILES string of the molecule is COc1ccc(Cl)cc1C(O)Cc1ccc(Cl)cc1F. The average Bonchev–Trinajstić information content (AvgIpc) is 2.41. The molecule has 0 aliphatic rings. The molecule has 106 valence electrons. The van der Waals surface area contributed by atoms with Crippen LogP contribution in [-0.2, 0) is 6.42 Å². The zero-order valence-corrected chi connectivity index (χ0v) is 12.2. The molecular weight excluding hydrogens is 302 g/mol. The van der Waals surface area contributed by atoms with Gasteiger partial charge in [-0.25, -0.2) is 4.39 Å². The van der Waals surface area contributed by atoms with Crippen molar-refractivity contribution in [3.63, 3.8) is 0 Å². The van der Waals surface area contributed by atoms with Crippen molar-refractivity contribution in [2.24, 2.45) is 0 Å². The number of methoxy groups -OCH3 is 1. The molecule has 0 heterocycles. The van der Waals surface area contributed by atoms with Gasteiger partial charge in [-0.15, -0.1) is 0 Å². The van der Waals surface area contributed by atoms with Crippen LogP contribution < -0.4 is 4.74 Å². The number of halogens is 3. The fourth-order valence-corrected chi connectivity index (χ4v) is 2.31. The number of hydrogen-bond acceptors (Lipinski definition) is 2. The Labute approximate surface area is 126 Å². The van der Waals surface area contributed by atoms with Crippen LogP contribution in [0.3, 0.4) is 0 Å². The summed E-state index contributed by atoms with van der Waals surface area (Å²) in [5.74, 6) is 0.0637. The highest BCUT2D eigenvalue weighted by Gasteiger charge is 2.16. The summed E-state index contributed by atoms with van der Waals surface area (Å²) in [5, 5.41) is 11.1. The smallest absolute Gasteiger partial charge is 0.127 e. The van der Waals surface area contributed by atoms with Crippen LogP contribution in [0.2, 0.25) is 10.0 Å². The minimum absolute atomic E-state index is 0.111. The van der Waals surface area contributed by atoms with Gasteiger partial charge in [-0.3, -0.25) is 0 Å². The van der Waals surface area contributed by atoms with Crippen LogP contribution >= 0.6 is 23.2 Å². The van der Waals surface area contributed by atoms with Crippen molar-refractivity contribution in [1.29, 1.82) is 0 Å². The topological polar surface area (TPSA) is 29.5 Å². The molecule has 0 aromatic heterocycles. The van der Waals surface area contributed by atoms with Crippen molar-refractivity contribution in [3.05, 3.63) is 63.4 Å². The first-order valence-corrected chi connectivity index (χ1v) is 6.72. The fourth-order valence-electron chi connectivity index (χ4n) is 1.97. The first-order chi connectivity index (χ1) is 9.51. The lowest BCUT2D eigenvalue weighted by Crippen LogP contribution is -2.05. The summed E-state index contributed by atoms with van der Waals surface area (Å²) < 4.78 is 18.9. The minimum atomic E-state index is -0.917. The summed E-state index contributed by atoms with van der Waals surface area (Å²) in [6, 6.07) is 9.30. The van der Waals surface area contributed by atoms with Crippen molar-refractivity contribution in [1.82, 2.24) is 0 Å². The van der Waals surface area contributed by atoms with Gasteiger partial charge >= 0.3 is 0 Å². The predicted molar refractivity (Wildman–Crippen MR) is 78.1 cm³/mol. The molecule has 0 bridgehead atoms. The van der Waals surface area contributed by atoms with Gasteiger partial charge in [-0.2, -0.15) is 0 Å². The van der Waals surface area contributed by atoms with Crippen molar-refractivity contribution < 1.29 is 14.2 Å². The van der Waals surface area contributed by atoms with Crippen molar-refractivity contribution in [2.75, 3.05) is 7.11 Å². The number of rotatable bonds is 4. The van der Waals surface area contributed by atoms with E-state index in [1.807, 2.05) is 0 Å². The Kier molecular flexibility index (Phi) is 4.86. The lowest BCUT2D eigenvalue weighted by molar-refractivity contribution is 0.172. The molecule has 2 nitrogen and oxygen atoms in total. The monoisotopic (exact) mass is 314 g/mol. The maximum Gasteiger partial charge on any atom is 0.127 e. The molecule has 1 unspecified atom stereocenters. The maximum atomic E-state index is 13.7. The summed E-state index contributed by atoms with van der Waals surface area (Å²) in [5.41, 5.74) is 0.901. The Morgan fingerprint density at radius 2 is 1.80 bits per heavy atom. The predicted octanol–water partition coefficient (Wildman–Crippen LogP) is 4.42. The molecule has 0 saturated heterocycles. The minimum Gasteiger partial charge on any atom is -0.496 e. The summed E-state index contributed by atoms with van der Waals surface area (Å²) in [6.07, 6.45) is -0.806. The third-order valence-corrected chi connectivity index (χ3v) is 3.45. The third-order valence-electron chi connectivity index (χ3n) is 2.98. The van der Waals surface area contributed by atoms with Gasteiger partial charge in [0, 0.05) is 22.0 Å². The van der Waals surface area contributed by atoms with Crippen LogP contribution in [0.5, 0.6) is 5.75 Å². The highest BCUT2D eigenvalue weighted by molar-refractivity contribution is 6.30. The lowest BCUT2D eigenvalue weighted by Gasteiger charge is -2.15. The van der Waals surface area contributed by atoms with Gasteiger partial charge in [0.1, 0.15) is 11.6 Å². The summed E-state index contributed by atoms with van der Waals surface area (Å²) >= 11 is 11.6. The molecule has 0 saturated carbocycles. The second-order valence-corrected chi connectivity index (χ2v) is 5.21. The molecule has 5 heteroatoms. The third kappa shape index (κ3) is 3.42. The van der Waals surface area contributed by atoms with E-state index in [0.717, 1.165) is 0 Å². The van der Waals surface area contributed by atoms with Gasteiger partial charge in [-0.1, -0.05) is 29.3 Å². The van der Waals surface area contributed by atoms with E-state index in [0.29, 0.717) is 26.9 Å². The highest BCUT2D eigenvalue weighted by atomic mass is 35.5. The molecule has 0 aliphatic carbocycles. The molecule has 0 fully saturated rings. The zero-order chi connectivity index (χ0) is 14.7. The molecule has 20 heavy (non-hydrogen) atoms. The Morgan fingerprint density at radius 3 is 2.45 bits per heavy atom. The average molecular weight is 315 g/mol. The van der Waals surface area contributed by atoms with Crippen LogP contribution in [-0.4, -0.2) is 12.2 Å². The van der Waals surface area contributed by atoms with E-state index in [4.69, 9.17) is 27.9 Å². The Hall–Kier alpha value is -1.29. The second-order valence-electron chi connectivity index (χ2n) is 4.34. The van der Waals surface area contributed by atoms with Crippen LogP contribution in [0.4, 0.5) is 4.39 Å². The molecule has 2 rings (SSSR count). The molecule has 0 amide bonds. The maximum absolute atomic E-state index is 13.7. The summed E-state index contributed by atoms with van der Waals surface area (Å²) in [4.78, 5) is 0.